The van der Waals surface area contributed by atoms with Crippen LogP contribution in [0.5, 0.6) is 0 Å². The van der Waals surface area contributed by atoms with Crippen molar-refractivity contribution in [1.29, 1.82) is 0 Å². The summed E-state index contributed by atoms with van der Waals surface area (Å²) in [5, 5.41) is 34.5. The van der Waals surface area contributed by atoms with E-state index in [1.54, 1.807) is 48.5 Å². The molecular weight excluding hydrogens is 565 g/mol. The zero-order chi connectivity index (χ0) is 30.4. The zero-order valence-corrected chi connectivity index (χ0v) is 26.4. The molecule has 1 amide bonds. The minimum atomic E-state index is -1.42. The van der Waals surface area contributed by atoms with E-state index in [0.717, 1.165) is 0 Å². The Kier molecular flexibility index (Phi) is 12.2. The van der Waals surface area contributed by atoms with Gasteiger partial charge in [-0.25, -0.2) is 8.78 Å². The fourth-order valence-corrected chi connectivity index (χ4v) is 5.21. The second-order valence-electron chi connectivity index (χ2n) is 10.5. The summed E-state index contributed by atoms with van der Waals surface area (Å²) in [5.74, 6) is -2.89. The number of aliphatic carboxylic acids is 1. The van der Waals surface area contributed by atoms with Crippen LogP contribution in [0.2, 0.25) is 0 Å². The van der Waals surface area contributed by atoms with Crippen molar-refractivity contribution >= 4 is 17.6 Å². The number of carbonyl (C=O) groups is 2. The quantitative estimate of drug-likeness (QED) is 0.216. The summed E-state index contributed by atoms with van der Waals surface area (Å²) in [5.41, 5.74) is 3.84. The molecule has 0 unspecified atom stereocenters. The number of aliphatic hydroxyl groups is 2. The number of hydrogen-bond acceptors (Lipinski definition) is 5. The van der Waals surface area contributed by atoms with Crippen LogP contribution in [0.25, 0.3) is 22.4 Å². The smallest absolute Gasteiger partial charge is 0.550 e. The van der Waals surface area contributed by atoms with Crippen LogP contribution in [0.4, 0.5) is 14.5 Å². The first kappa shape index (κ1) is 34.2. The number of carboxylic acids is 1. The van der Waals surface area contributed by atoms with Gasteiger partial charge in [0.1, 0.15) is 11.6 Å². The van der Waals surface area contributed by atoms with Gasteiger partial charge in [0.05, 0.1) is 23.5 Å². The maximum absolute atomic E-state index is 14.0. The number of para-hydroxylation sites is 1. The van der Waals surface area contributed by atoms with E-state index in [1.165, 1.54) is 24.3 Å². The minimum absolute atomic E-state index is 0. The van der Waals surface area contributed by atoms with Crippen LogP contribution in [-0.2, 0) is 11.3 Å². The molecule has 0 spiro atoms. The van der Waals surface area contributed by atoms with Gasteiger partial charge in [0.2, 0.25) is 0 Å². The van der Waals surface area contributed by atoms with Gasteiger partial charge in [-0.1, -0.05) is 44.2 Å². The predicted octanol–water partition coefficient (Wildman–Crippen LogP) is 2.12. The number of nitrogens with zero attached hydrogens (tertiary/aromatic N) is 1. The van der Waals surface area contributed by atoms with Gasteiger partial charge in [-0.15, -0.1) is 0 Å². The van der Waals surface area contributed by atoms with E-state index < -0.39 is 42.1 Å². The van der Waals surface area contributed by atoms with Gasteiger partial charge in [0, 0.05) is 35.9 Å². The Hall–Kier alpha value is -3.34. The zero-order valence-electron chi connectivity index (χ0n) is 24.4. The van der Waals surface area contributed by atoms with Crippen LogP contribution < -0.4 is 40.0 Å². The molecule has 0 bridgehead atoms. The largest absolute Gasteiger partial charge is 1.00 e. The molecule has 0 aliphatic carbocycles. The summed E-state index contributed by atoms with van der Waals surface area (Å²) >= 11 is 0. The number of carboxylic acid groups (broad SMARTS) is 1. The Morgan fingerprint density at radius 1 is 0.860 bits per heavy atom. The molecule has 220 valence electrons. The average molecular weight is 599 g/mol. The third-order valence-electron chi connectivity index (χ3n) is 6.99. The predicted molar refractivity (Wildman–Crippen MR) is 155 cm³/mol. The molecule has 7 nitrogen and oxygen atoms in total. The molecule has 0 saturated carbocycles. The molecule has 0 radical (unpaired) electrons. The van der Waals surface area contributed by atoms with E-state index >= 15 is 0 Å². The summed E-state index contributed by atoms with van der Waals surface area (Å²) in [7, 11) is 0. The molecular formula is C33H33F2N2NaO5. The van der Waals surface area contributed by atoms with Crippen molar-refractivity contribution in [3.63, 3.8) is 0 Å². The molecule has 0 aliphatic heterocycles. The van der Waals surface area contributed by atoms with Gasteiger partial charge in [0.15, 0.2) is 0 Å². The summed E-state index contributed by atoms with van der Waals surface area (Å²) in [4.78, 5) is 24.9. The number of rotatable bonds is 12. The molecule has 3 N–H and O–H groups in total. The summed E-state index contributed by atoms with van der Waals surface area (Å²) < 4.78 is 29.9. The standard InChI is InChI=1S/C33H34F2N2O5.Na/c1-20(2)31-30(33(42)36-25-6-4-3-5-7-25)29(21-8-12-23(34)13-9-21)32(22-10-14-24(35)15-11-22)37(31)17-16-26(38)18-27(39)19-28(40)41;/h3-15,20,26-27,38-39H,16-19H2,1-2H3,(H,36,42)(H,40,41);/q;+1/p-1/t26-,27-;/m1./s1. The molecule has 0 aliphatic rings. The van der Waals surface area contributed by atoms with E-state index in [4.69, 9.17) is 0 Å². The average Bonchev–Trinajstić information content (AvgIpc) is 3.28. The Morgan fingerprint density at radius 2 is 1.42 bits per heavy atom. The van der Waals surface area contributed by atoms with Gasteiger partial charge in [-0.3, -0.25) is 4.79 Å². The molecule has 3 aromatic carbocycles. The van der Waals surface area contributed by atoms with Crippen molar-refractivity contribution in [3.8, 4) is 22.4 Å². The van der Waals surface area contributed by atoms with Gasteiger partial charge >= 0.3 is 29.6 Å². The summed E-state index contributed by atoms with van der Waals surface area (Å²) in [6, 6.07) is 20.5. The van der Waals surface area contributed by atoms with Crippen LogP contribution in [-0.4, -0.2) is 38.9 Å². The van der Waals surface area contributed by atoms with Gasteiger partial charge in [0.25, 0.3) is 5.91 Å². The number of anilines is 1. The number of carbonyl (C=O) groups excluding carboxylic acids is 2. The second kappa shape index (κ2) is 15.4. The maximum atomic E-state index is 14.0. The first-order valence-corrected chi connectivity index (χ1v) is 13.8. The fraction of sp³-hybridized carbons (Fsp3) is 0.273. The molecule has 0 saturated heterocycles. The van der Waals surface area contributed by atoms with Crippen molar-refractivity contribution in [2.75, 3.05) is 5.32 Å². The van der Waals surface area contributed by atoms with Crippen LogP contribution in [0.3, 0.4) is 0 Å². The summed E-state index contributed by atoms with van der Waals surface area (Å²) in [6.07, 6.45) is -2.99. The Labute approximate surface area is 271 Å². The molecule has 0 fully saturated rings. The van der Waals surface area contributed by atoms with Crippen molar-refractivity contribution in [3.05, 3.63) is 102 Å². The van der Waals surface area contributed by atoms with Crippen molar-refractivity contribution in [2.45, 2.75) is 57.8 Å². The number of amides is 1. The third-order valence-corrected chi connectivity index (χ3v) is 6.99. The molecule has 10 heteroatoms. The second-order valence-corrected chi connectivity index (χ2v) is 10.5. The molecule has 2 atom stereocenters. The first-order chi connectivity index (χ1) is 20.0. The van der Waals surface area contributed by atoms with Gasteiger partial charge in [-0.05, 0) is 78.4 Å². The molecule has 4 aromatic rings. The number of aliphatic hydroxyl groups excluding tert-OH is 2. The molecule has 43 heavy (non-hydrogen) atoms. The van der Waals surface area contributed by atoms with Crippen LogP contribution in [0, 0.1) is 11.6 Å². The van der Waals surface area contributed by atoms with Crippen LogP contribution in [0.15, 0.2) is 78.9 Å². The van der Waals surface area contributed by atoms with E-state index in [2.05, 4.69) is 5.32 Å². The maximum Gasteiger partial charge on any atom is 1.00 e. The number of halogens is 2. The minimum Gasteiger partial charge on any atom is -0.550 e. The topological polar surface area (TPSA) is 115 Å². The van der Waals surface area contributed by atoms with E-state index in [9.17, 15) is 33.7 Å². The normalized spacial score (nSPS) is 12.4. The molecule has 4 rings (SSSR count). The van der Waals surface area contributed by atoms with E-state index in [1.807, 2.05) is 24.5 Å². The summed E-state index contributed by atoms with van der Waals surface area (Å²) in [6.45, 7) is 4.04. The van der Waals surface area contributed by atoms with Crippen molar-refractivity contribution < 1.29 is 63.2 Å². The molecule has 1 heterocycles. The number of aromatic nitrogens is 1. The Balaban J connectivity index is 0.00000506. The fourth-order valence-electron chi connectivity index (χ4n) is 5.21. The van der Waals surface area contributed by atoms with Crippen LogP contribution in [0.1, 0.15) is 55.1 Å². The third kappa shape index (κ3) is 8.61. The Bertz CT molecular complexity index is 1520. The first-order valence-electron chi connectivity index (χ1n) is 13.8. The van der Waals surface area contributed by atoms with Crippen molar-refractivity contribution in [1.82, 2.24) is 4.57 Å². The number of hydrogen-bond donors (Lipinski definition) is 3. The monoisotopic (exact) mass is 598 g/mol. The molecule has 1 aromatic heterocycles. The van der Waals surface area contributed by atoms with Crippen LogP contribution >= 0.6 is 0 Å². The number of nitrogens with one attached hydrogen (secondary N) is 1. The van der Waals surface area contributed by atoms with Gasteiger partial charge in [-0.2, -0.15) is 0 Å². The number of benzene rings is 3. The Morgan fingerprint density at radius 3 is 1.95 bits per heavy atom. The van der Waals surface area contributed by atoms with E-state index in [-0.39, 0.29) is 54.9 Å². The van der Waals surface area contributed by atoms with E-state index in [0.29, 0.717) is 39.3 Å². The van der Waals surface area contributed by atoms with Gasteiger partial charge < -0.3 is 30.0 Å². The SMILES string of the molecule is CC(C)c1c(C(=O)Nc2ccccc2)c(-c2ccc(F)cc2)c(-c2ccc(F)cc2)n1CC[C@@H](O)C[C@@H](O)CC(=O)[O-].[Na+]. The van der Waals surface area contributed by atoms with Crippen molar-refractivity contribution in [2.24, 2.45) is 0 Å².